The number of halogens is 1. The molecule has 3 rings (SSSR count). The minimum Gasteiger partial charge on any atom is -0.449 e. The summed E-state index contributed by atoms with van der Waals surface area (Å²) in [7, 11) is 0. The van der Waals surface area contributed by atoms with E-state index in [0.29, 0.717) is 11.1 Å². The van der Waals surface area contributed by atoms with E-state index in [1.807, 2.05) is 19.1 Å². The SMILES string of the molecule is Cc1ccccc1C(=O)O[C@H](C)c1nnc(-c2ccc(F)cc2)o1. The van der Waals surface area contributed by atoms with E-state index >= 15 is 0 Å². The second-order valence-electron chi connectivity index (χ2n) is 5.31. The number of carbonyl (C=O) groups excluding carboxylic acids is 1. The lowest BCUT2D eigenvalue weighted by atomic mass is 10.1. The average molecular weight is 326 g/mol. The van der Waals surface area contributed by atoms with Crippen LogP contribution in [0, 0.1) is 12.7 Å². The first-order valence-electron chi connectivity index (χ1n) is 7.40. The molecule has 0 saturated carbocycles. The normalized spacial score (nSPS) is 12.0. The standard InChI is InChI=1S/C18H15FN2O3/c1-11-5-3-4-6-15(11)18(22)23-12(2)16-20-21-17(24-16)13-7-9-14(19)10-8-13/h3-10,12H,1-2H3/t12-/m1/s1. The second kappa shape index (κ2) is 6.62. The maximum absolute atomic E-state index is 12.9. The third-order valence-electron chi connectivity index (χ3n) is 3.53. The molecule has 2 aromatic carbocycles. The summed E-state index contributed by atoms with van der Waals surface area (Å²) in [6.45, 7) is 3.48. The molecule has 3 aromatic rings. The molecule has 6 heteroatoms. The molecule has 0 aliphatic carbocycles. The van der Waals surface area contributed by atoms with E-state index in [1.165, 1.54) is 24.3 Å². The number of rotatable bonds is 4. The number of hydrogen-bond acceptors (Lipinski definition) is 5. The summed E-state index contributed by atoms with van der Waals surface area (Å²) < 4.78 is 23.8. The van der Waals surface area contributed by atoms with Gasteiger partial charge in [-0.25, -0.2) is 9.18 Å². The molecule has 0 unspecified atom stereocenters. The molecular weight excluding hydrogens is 311 g/mol. The van der Waals surface area contributed by atoms with Crippen molar-refractivity contribution in [2.45, 2.75) is 20.0 Å². The highest BCUT2D eigenvalue weighted by atomic mass is 19.1. The van der Waals surface area contributed by atoms with Crippen LogP contribution in [0.4, 0.5) is 4.39 Å². The molecule has 0 amide bonds. The molecule has 0 fully saturated rings. The highest BCUT2D eigenvalue weighted by Gasteiger charge is 2.20. The Bertz CT molecular complexity index is 859. The van der Waals surface area contributed by atoms with Gasteiger partial charge in [-0.2, -0.15) is 0 Å². The number of aromatic nitrogens is 2. The van der Waals surface area contributed by atoms with Crippen LogP contribution in [0.1, 0.15) is 34.8 Å². The zero-order valence-electron chi connectivity index (χ0n) is 13.2. The van der Waals surface area contributed by atoms with Gasteiger partial charge in [-0.05, 0) is 49.7 Å². The maximum Gasteiger partial charge on any atom is 0.339 e. The van der Waals surface area contributed by atoms with Crippen molar-refractivity contribution in [3.8, 4) is 11.5 Å². The molecule has 24 heavy (non-hydrogen) atoms. The first-order chi connectivity index (χ1) is 11.5. The molecule has 122 valence electrons. The number of nitrogens with zero attached hydrogens (tertiary/aromatic N) is 2. The minimum absolute atomic E-state index is 0.177. The van der Waals surface area contributed by atoms with Crippen molar-refractivity contribution in [2.24, 2.45) is 0 Å². The quantitative estimate of drug-likeness (QED) is 0.675. The van der Waals surface area contributed by atoms with Gasteiger partial charge in [0.1, 0.15) is 5.82 Å². The number of aryl methyl sites for hydroxylation is 1. The molecule has 1 atom stereocenters. The van der Waals surface area contributed by atoms with Gasteiger partial charge in [0.05, 0.1) is 5.56 Å². The van der Waals surface area contributed by atoms with Crippen LogP contribution in [-0.4, -0.2) is 16.2 Å². The second-order valence-corrected chi connectivity index (χ2v) is 5.31. The predicted molar refractivity (Wildman–Crippen MR) is 84.7 cm³/mol. The van der Waals surface area contributed by atoms with Crippen LogP contribution in [0.25, 0.3) is 11.5 Å². The van der Waals surface area contributed by atoms with E-state index in [1.54, 1.807) is 19.1 Å². The molecule has 5 nitrogen and oxygen atoms in total. The van der Waals surface area contributed by atoms with Crippen molar-refractivity contribution >= 4 is 5.97 Å². The van der Waals surface area contributed by atoms with Gasteiger partial charge in [-0.3, -0.25) is 0 Å². The third-order valence-corrected chi connectivity index (χ3v) is 3.53. The van der Waals surface area contributed by atoms with Crippen LogP contribution < -0.4 is 0 Å². The van der Waals surface area contributed by atoms with Crippen molar-refractivity contribution in [1.82, 2.24) is 10.2 Å². The molecule has 0 radical (unpaired) electrons. The highest BCUT2D eigenvalue weighted by Crippen LogP contribution is 2.23. The van der Waals surface area contributed by atoms with Gasteiger partial charge in [0, 0.05) is 5.56 Å². The lowest BCUT2D eigenvalue weighted by Crippen LogP contribution is -2.10. The maximum atomic E-state index is 12.9. The van der Waals surface area contributed by atoms with Gasteiger partial charge in [0.15, 0.2) is 6.10 Å². The lowest BCUT2D eigenvalue weighted by molar-refractivity contribution is 0.0279. The van der Waals surface area contributed by atoms with Gasteiger partial charge in [-0.15, -0.1) is 10.2 Å². The first-order valence-corrected chi connectivity index (χ1v) is 7.40. The largest absolute Gasteiger partial charge is 0.449 e. The molecule has 0 N–H and O–H groups in total. The van der Waals surface area contributed by atoms with Gasteiger partial charge < -0.3 is 9.15 Å². The number of benzene rings is 2. The number of esters is 1. The number of ether oxygens (including phenoxy) is 1. The highest BCUT2D eigenvalue weighted by molar-refractivity contribution is 5.91. The van der Waals surface area contributed by atoms with Crippen LogP contribution in [0.3, 0.4) is 0 Å². The van der Waals surface area contributed by atoms with Crippen molar-refractivity contribution in [3.63, 3.8) is 0 Å². The summed E-state index contributed by atoms with van der Waals surface area (Å²) in [5, 5.41) is 7.80. The molecule has 1 heterocycles. The smallest absolute Gasteiger partial charge is 0.339 e. The lowest BCUT2D eigenvalue weighted by Gasteiger charge is -2.10. The molecule has 0 aliphatic heterocycles. The van der Waals surface area contributed by atoms with Crippen molar-refractivity contribution in [3.05, 3.63) is 71.4 Å². The first kappa shape index (κ1) is 15.9. The van der Waals surface area contributed by atoms with Gasteiger partial charge in [-0.1, -0.05) is 18.2 Å². The monoisotopic (exact) mass is 326 g/mol. The molecule has 0 spiro atoms. The fraction of sp³-hybridized carbons (Fsp3) is 0.167. The van der Waals surface area contributed by atoms with Crippen molar-refractivity contribution in [1.29, 1.82) is 0 Å². The van der Waals surface area contributed by atoms with Crippen LogP contribution in [0.2, 0.25) is 0 Å². The Morgan fingerprint density at radius 1 is 1.12 bits per heavy atom. The Balaban J connectivity index is 1.74. The number of hydrogen-bond donors (Lipinski definition) is 0. The van der Waals surface area contributed by atoms with E-state index in [-0.39, 0.29) is 17.6 Å². The van der Waals surface area contributed by atoms with Gasteiger partial charge in [0.2, 0.25) is 5.89 Å². The van der Waals surface area contributed by atoms with E-state index in [9.17, 15) is 9.18 Å². The fourth-order valence-corrected chi connectivity index (χ4v) is 2.18. The van der Waals surface area contributed by atoms with Crippen molar-refractivity contribution < 1.29 is 18.3 Å². The Labute approximate surface area is 138 Å². The Kier molecular flexibility index (Phi) is 4.37. The van der Waals surface area contributed by atoms with Gasteiger partial charge in [0.25, 0.3) is 5.89 Å². The van der Waals surface area contributed by atoms with Gasteiger partial charge >= 0.3 is 5.97 Å². The molecule has 0 bridgehead atoms. The number of carbonyl (C=O) groups is 1. The predicted octanol–water partition coefficient (Wildman–Crippen LogP) is 4.10. The zero-order valence-corrected chi connectivity index (χ0v) is 13.2. The summed E-state index contributed by atoms with van der Waals surface area (Å²) in [4.78, 5) is 12.2. The summed E-state index contributed by atoms with van der Waals surface area (Å²) in [5.74, 6) is -0.388. The Morgan fingerprint density at radius 3 is 2.54 bits per heavy atom. The van der Waals surface area contributed by atoms with Crippen LogP contribution in [0.15, 0.2) is 52.9 Å². The Hall–Kier alpha value is -3.02. The van der Waals surface area contributed by atoms with E-state index in [2.05, 4.69) is 10.2 Å². The fourth-order valence-electron chi connectivity index (χ4n) is 2.18. The van der Waals surface area contributed by atoms with Crippen LogP contribution in [-0.2, 0) is 4.74 Å². The third kappa shape index (κ3) is 3.32. The summed E-state index contributed by atoms with van der Waals surface area (Å²) in [6, 6.07) is 12.8. The van der Waals surface area contributed by atoms with Crippen LogP contribution >= 0.6 is 0 Å². The Morgan fingerprint density at radius 2 is 1.83 bits per heavy atom. The molecular formula is C18H15FN2O3. The van der Waals surface area contributed by atoms with E-state index in [4.69, 9.17) is 9.15 Å². The topological polar surface area (TPSA) is 65.2 Å². The minimum atomic E-state index is -0.696. The summed E-state index contributed by atoms with van der Waals surface area (Å²) in [5.41, 5.74) is 1.91. The average Bonchev–Trinajstić information content (AvgIpc) is 3.06. The molecule has 0 saturated heterocycles. The van der Waals surface area contributed by atoms with Crippen LogP contribution in [0.5, 0.6) is 0 Å². The van der Waals surface area contributed by atoms with E-state index < -0.39 is 12.1 Å². The summed E-state index contributed by atoms with van der Waals surface area (Å²) >= 11 is 0. The summed E-state index contributed by atoms with van der Waals surface area (Å²) in [6.07, 6.45) is -0.696. The molecule has 0 aliphatic rings. The van der Waals surface area contributed by atoms with E-state index in [0.717, 1.165) is 5.56 Å². The zero-order chi connectivity index (χ0) is 17.1. The van der Waals surface area contributed by atoms with Crippen molar-refractivity contribution in [2.75, 3.05) is 0 Å². The molecule has 1 aromatic heterocycles.